The fourth-order valence-corrected chi connectivity index (χ4v) is 4.62. The van der Waals surface area contributed by atoms with E-state index in [9.17, 15) is 9.59 Å². The molecule has 1 aliphatic heterocycles. The van der Waals surface area contributed by atoms with Gasteiger partial charge in [-0.1, -0.05) is 52.7 Å². The summed E-state index contributed by atoms with van der Waals surface area (Å²) in [6.07, 6.45) is 0. The molecule has 1 aliphatic rings. The van der Waals surface area contributed by atoms with Gasteiger partial charge in [-0.15, -0.1) is 0 Å². The lowest BCUT2D eigenvalue weighted by atomic mass is 10.1. The third kappa shape index (κ3) is 3.39. The summed E-state index contributed by atoms with van der Waals surface area (Å²) in [5.41, 5.74) is 3.29. The van der Waals surface area contributed by atoms with Crippen molar-refractivity contribution in [1.29, 1.82) is 0 Å². The minimum absolute atomic E-state index is 0.230. The Balaban J connectivity index is 1.70. The molecule has 0 spiro atoms. The first-order chi connectivity index (χ1) is 15.3. The van der Waals surface area contributed by atoms with Gasteiger partial charge in [-0.3, -0.25) is 13.9 Å². The van der Waals surface area contributed by atoms with E-state index < -0.39 is 0 Å². The normalized spacial score (nSPS) is 15.9. The van der Waals surface area contributed by atoms with E-state index in [-0.39, 0.29) is 17.8 Å². The van der Waals surface area contributed by atoms with Gasteiger partial charge in [0.2, 0.25) is 5.95 Å². The van der Waals surface area contributed by atoms with Gasteiger partial charge in [-0.05, 0) is 42.7 Å². The van der Waals surface area contributed by atoms with Gasteiger partial charge in [0.25, 0.3) is 5.56 Å². The summed E-state index contributed by atoms with van der Waals surface area (Å²) in [6, 6.07) is 15.9. The van der Waals surface area contributed by atoms with Gasteiger partial charge in [-0.25, -0.2) is 4.79 Å². The van der Waals surface area contributed by atoms with Crippen molar-refractivity contribution >= 4 is 38.7 Å². The molecule has 5 rings (SSSR count). The molecule has 1 atom stereocenters. The summed E-state index contributed by atoms with van der Waals surface area (Å²) in [4.78, 5) is 33.6. The quantitative estimate of drug-likeness (QED) is 0.435. The monoisotopic (exact) mass is 493 g/mol. The number of aromatic nitrogens is 4. The van der Waals surface area contributed by atoms with Crippen LogP contribution in [0.4, 0.5) is 11.6 Å². The zero-order chi connectivity index (χ0) is 22.6. The predicted octanol–water partition coefficient (Wildman–Crippen LogP) is 3.80. The zero-order valence-electron chi connectivity index (χ0n) is 18.2. The number of fused-ring (bicyclic) bond motifs is 3. The number of hydrogen-bond donors (Lipinski definition) is 0. The highest BCUT2D eigenvalue weighted by atomic mass is 79.9. The Morgan fingerprint density at radius 3 is 2.41 bits per heavy atom. The van der Waals surface area contributed by atoms with Gasteiger partial charge in [0.15, 0.2) is 11.2 Å². The lowest BCUT2D eigenvalue weighted by Gasteiger charge is -2.33. The third-order valence-electron chi connectivity index (χ3n) is 6.04. The average Bonchev–Trinajstić information content (AvgIpc) is 3.16. The number of benzene rings is 2. The van der Waals surface area contributed by atoms with Crippen molar-refractivity contribution < 1.29 is 0 Å². The molecular weight excluding hydrogens is 470 g/mol. The van der Waals surface area contributed by atoms with Crippen molar-refractivity contribution in [3.05, 3.63) is 85.0 Å². The number of nitrogens with zero attached hydrogens (tertiary/aromatic N) is 5. The topological polar surface area (TPSA) is 65.1 Å². The molecule has 0 saturated carbocycles. The van der Waals surface area contributed by atoms with E-state index in [1.54, 1.807) is 7.05 Å². The molecule has 164 valence electrons. The summed E-state index contributed by atoms with van der Waals surface area (Å²) >= 11 is 3.49. The van der Waals surface area contributed by atoms with Gasteiger partial charge in [0.05, 0.1) is 6.54 Å². The number of rotatable bonds is 3. The van der Waals surface area contributed by atoms with Crippen LogP contribution in [0.3, 0.4) is 0 Å². The van der Waals surface area contributed by atoms with Crippen molar-refractivity contribution in [2.75, 3.05) is 11.4 Å². The fourth-order valence-electron chi connectivity index (χ4n) is 4.36. The number of halogens is 1. The van der Waals surface area contributed by atoms with E-state index in [4.69, 9.17) is 4.98 Å². The Kier molecular flexibility index (Phi) is 5.04. The number of imidazole rings is 1. The van der Waals surface area contributed by atoms with E-state index >= 15 is 0 Å². The Hall–Kier alpha value is -3.13. The van der Waals surface area contributed by atoms with Crippen molar-refractivity contribution in [3.63, 3.8) is 0 Å². The second-order valence-corrected chi connectivity index (χ2v) is 9.52. The molecular formula is C24H24BrN5O2. The molecule has 0 amide bonds. The van der Waals surface area contributed by atoms with Gasteiger partial charge in [0.1, 0.15) is 0 Å². The van der Waals surface area contributed by atoms with Crippen LogP contribution in [0.25, 0.3) is 11.2 Å². The smallest absolute Gasteiger partial charge is 0.312 e. The average molecular weight is 494 g/mol. The predicted molar refractivity (Wildman–Crippen MR) is 130 cm³/mol. The minimum atomic E-state index is -0.359. The van der Waals surface area contributed by atoms with E-state index in [1.165, 1.54) is 9.13 Å². The van der Waals surface area contributed by atoms with E-state index in [2.05, 4.69) is 27.8 Å². The molecule has 7 nitrogen and oxygen atoms in total. The Labute approximate surface area is 193 Å². The van der Waals surface area contributed by atoms with Gasteiger partial charge in [-0.2, -0.15) is 4.98 Å². The molecule has 8 heteroatoms. The lowest BCUT2D eigenvalue weighted by molar-refractivity contribution is 0.458. The maximum absolute atomic E-state index is 13.6. The molecule has 32 heavy (non-hydrogen) atoms. The molecule has 0 fully saturated rings. The number of aryl methyl sites for hydroxylation is 2. The van der Waals surface area contributed by atoms with Crippen LogP contribution in [0.1, 0.15) is 18.1 Å². The highest BCUT2D eigenvalue weighted by Gasteiger charge is 2.29. The largest absolute Gasteiger partial charge is 0.332 e. The molecule has 2 aromatic carbocycles. The highest BCUT2D eigenvalue weighted by molar-refractivity contribution is 9.10. The summed E-state index contributed by atoms with van der Waals surface area (Å²) < 4.78 is 5.77. The van der Waals surface area contributed by atoms with Crippen LogP contribution in [-0.2, 0) is 20.1 Å². The Morgan fingerprint density at radius 2 is 1.72 bits per heavy atom. The number of anilines is 2. The van der Waals surface area contributed by atoms with E-state index in [0.717, 1.165) is 27.8 Å². The van der Waals surface area contributed by atoms with Crippen LogP contribution in [0.15, 0.2) is 62.6 Å². The minimum Gasteiger partial charge on any atom is -0.312 e. The van der Waals surface area contributed by atoms with Crippen LogP contribution >= 0.6 is 15.9 Å². The standard InChI is InChI=1S/C24H24BrN5O2/c1-15-4-6-17(7-5-15)14-30-22(31)20-21(27(3)24(30)32)26-23-28(12-16(2)13-29(20)23)19-10-8-18(25)9-11-19/h4-11,16H,12-14H2,1-3H3/t16-/m1/s1. The molecule has 0 aliphatic carbocycles. The Morgan fingerprint density at radius 1 is 1.03 bits per heavy atom. The van der Waals surface area contributed by atoms with Gasteiger partial charge >= 0.3 is 5.69 Å². The van der Waals surface area contributed by atoms with Crippen LogP contribution < -0.4 is 16.1 Å². The van der Waals surface area contributed by atoms with E-state index in [0.29, 0.717) is 29.6 Å². The highest BCUT2D eigenvalue weighted by Crippen LogP contribution is 2.33. The van der Waals surface area contributed by atoms with Crippen molar-refractivity contribution in [2.24, 2.45) is 13.0 Å². The summed E-state index contributed by atoms with van der Waals surface area (Å²) in [5, 5.41) is 0. The molecule has 0 radical (unpaired) electrons. The SMILES string of the molecule is Cc1ccc(Cn2c(=O)c3c(nc4n3C[C@H](C)CN4c3ccc(Br)cc3)n(C)c2=O)cc1. The molecule has 3 heterocycles. The summed E-state index contributed by atoms with van der Waals surface area (Å²) in [5.74, 6) is 1.01. The summed E-state index contributed by atoms with van der Waals surface area (Å²) in [7, 11) is 1.68. The third-order valence-corrected chi connectivity index (χ3v) is 6.57. The maximum Gasteiger partial charge on any atom is 0.332 e. The Bertz CT molecular complexity index is 1430. The maximum atomic E-state index is 13.6. The fraction of sp³-hybridized carbons (Fsp3) is 0.292. The molecule has 0 bridgehead atoms. The second-order valence-electron chi connectivity index (χ2n) is 8.61. The van der Waals surface area contributed by atoms with Crippen molar-refractivity contribution in [1.82, 2.24) is 18.7 Å². The van der Waals surface area contributed by atoms with Gasteiger partial charge in [0, 0.05) is 30.3 Å². The molecule has 0 saturated heterocycles. The summed E-state index contributed by atoms with van der Waals surface area (Å²) in [6.45, 7) is 5.87. The first-order valence-corrected chi connectivity index (χ1v) is 11.4. The molecule has 4 aromatic rings. The molecule has 0 unspecified atom stereocenters. The van der Waals surface area contributed by atoms with Crippen LogP contribution in [0, 0.1) is 12.8 Å². The van der Waals surface area contributed by atoms with Crippen LogP contribution in [0.5, 0.6) is 0 Å². The van der Waals surface area contributed by atoms with Crippen molar-refractivity contribution in [2.45, 2.75) is 26.9 Å². The van der Waals surface area contributed by atoms with Crippen LogP contribution in [0.2, 0.25) is 0 Å². The first-order valence-electron chi connectivity index (χ1n) is 10.6. The van der Waals surface area contributed by atoms with Gasteiger partial charge < -0.3 is 9.47 Å². The van der Waals surface area contributed by atoms with Crippen LogP contribution in [-0.4, -0.2) is 25.2 Å². The molecule has 2 aromatic heterocycles. The zero-order valence-corrected chi connectivity index (χ0v) is 19.8. The lowest BCUT2D eigenvalue weighted by Crippen LogP contribution is -2.40. The van der Waals surface area contributed by atoms with Crippen molar-refractivity contribution in [3.8, 4) is 0 Å². The second kappa shape index (κ2) is 7.78. The number of hydrogen-bond acceptors (Lipinski definition) is 4. The molecule has 0 N–H and O–H groups in total. The first kappa shape index (κ1) is 20.8. The van der Waals surface area contributed by atoms with E-state index in [1.807, 2.05) is 60.0 Å².